The molecule has 0 aromatic heterocycles. The maximum atomic E-state index is 13.4. The Balaban J connectivity index is 3.50. The summed E-state index contributed by atoms with van der Waals surface area (Å²) in [4.78, 5) is -0.341. The van der Waals surface area contributed by atoms with Gasteiger partial charge in [-0.2, -0.15) is 0 Å². The van der Waals surface area contributed by atoms with Crippen molar-refractivity contribution in [3.63, 3.8) is 0 Å². The summed E-state index contributed by atoms with van der Waals surface area (Å²) in [5.74, 6) is -0.773. The summed E-state index contributed by atoms with van der Waals surface area (Å²) in [6.07, 6.45) is 0. The number of halogens is 2. The van der Waals surface area contributed by atoms with Crippen molar-refractivity contribution in [1.82, 2.24) is 4.72 Å². The summed E-state index contributed by atoms with van der Waals surface area (Å²) in [6.45, 7) is 1.69. The molecule has 0 atom stereocenters. The van der Waals surface area contributed by atoms with Gasteiger partial charge in [0.05, 0.1) is 4.47 Å². The second kappa shape index (κ2) is 3.96. The summed E-state index contributed by atoms with van der Waals surface area (Å²) in [6, 6.07) is 2.80. The maximum Gasteiger partial charge on any atom is 0.243 e. The average molecular weight is 282 g/mol. The largest absolute Gasteiger partial charge is 0.243 e. The monoisotopic (exact) mass is 281 g/mol. The molecular formula is C8H9BrFNO2S. The molecule has 0 fully saturated rings. The standard InChI is InChI=1S/C8H9BrFNO2S/c1-5-3-6(9)8(10)7(4-5)14(12,13)11-2/h3-4,11H,1-2H3. The van der Waals surface area contributed by atoms with Crippen LogP contribution in [0.2, 0.25) is 0 Å². The second-order valence-corrected chi connectivity index (χ2v) is 5.48. The highest BCUT2D eigenvalue weighted by molar-refractivity contribution is 9.10. The molecule has 0 saturated heterocycles. The van der Waals surface area contributed by atoms with E-state index in [2.05, 4.69) is 20.7 Å². The van der Waals surface area contributed by atoms with Gasteiger partial charge in [0, 0.05) is 0 Å². The fourth-order valence-corrected chi connectivity index (χ4v) is 2.61. The zero-order chi connectivity index (χ0) is 10.9. The van der Waals surface area contributed by atoms with Crippen LogP contribution in [-0.2, 0) is 10.0 Å². The van der Waals surface area contributed by atoms with E-state index in [0.717, 1.165) is 0 Å². The Labute approximate surface area is 90.5 Å². The number of hydrogen-bond donors (Lipinski definition) is 1. The van der Waals surface area contributed by atoms with Crippen LogP contribution in [0.15, 0.2) is 21.5 Å². The Hall–Kier alpha value is -0.460. The number of sulfonamides is 1. The Kier molecular flexibility index (Phi) is 3.28. The van der Waals surface area contributed by atoms with Crippen LogP contribution in [0.4, 0.5) is 4.39 Å². The van der Waals surface area contributed by atoms with Crippen LogP contribution in [0.5, 0.6) is 0 Å². The topological polar surface area (TPSA) is 46.2 Å². The average Bonchev–Trinajstić information content (AvgIpc) is 2.11. The lowest BCUT2D eigenvalue weighted by molar-refractivity contribution is 0.558. The third-order valence-electron chi connectivity index (χ3n) is 1.70. The number of aryl methyl sites for hydroxylation is 1. The molecule has 1 aromatic rings. The van der Waals surface area contributed by atoms with Crippen LogP contribution < -0.4 is 4.72 Å². The number of nitrogens with one attached hydrogen (secondary N) is 1. The SMILES string of the molecule is CNS(=O)(=O)c1cc(C)cc(Br)c1F. The minimum Gasteiger partial charge on any atom is -0.214 e. The molecule has 6 heteroatoms. The molecule has 0 aliphatic carbocycles. The lowest BCUT2D eigenvalue weighted by atomic mass is 10.2. The van der Waals surface area contributed by atoms with E-state index in [4.69, 9.17) is 0 Å². The first kappa shape index (κ1) is 11.6. The minimum absolute atomic E-state index is 0.145. The molecule has 14 heavy (non-hydrogen) atoms. The van der Waals surface area contributed by atoms with Crippen LogP contribution >= 0.6 is 15.9 Å². The van der Waals surface area contributed by atoms with Gasteiger partial charge in [0.25, 0.3) is 0 Å². The van der Waals surface area contributed by atoms with Crippen molar-refractivity contribution in [2.45, 2.75) is 11.8 Å². The van der Waals surface area contributed by atoms with Gasteiger partial charge in [0.2, 0.25) is 10.0 Å². The first-order valence-corrected chi connectivity index (χ1v) is 6.05. The van der Waals surface area contributed by atoms with Crippen molar-refractivity contribution in [1.29, 1.82) is 0 Å². The quantitative estimate of drug-likeness (QED) is 0.899. The summed E-state index contributed by atoms with van der Waals surface area (Å²) >= 11 is 2.95. The molecule has 0 saturated carbocycles. The highest BCUT2D eigenvalue weighted by Gasteiger charge is 2.19. The van der Waals surface area contributed by atoms with Gasteiger partial charge in [-0.3, -0.25) is 0 Å². The molecular weight excluding hydrogens is 273 g/mol. The molecule has 1 aromatic carbocycles. The molecule has 1 rings (SSSR count). The molecule has 0 unspecified atom stereocenters. The fourth-order valence-electron chi connectivity index (χ4n) is 0.998. The molecule has 0 amide bonds. The zero-order valence-corrected chi connectivity index (χ0v) is 10.0. The molecule has 0 radical (unpaired) electrons. The van der Waals surface area contributed by atoms with Crippen LogP contribution in [0.1, 0.15) is 5.56 Å². The molecule has 0 aliphatic rings. The molecule has 3 nitrogen and oxygen atoms in total. The van der Waals surface area contributed by atoms with Crippen molar-refractivity contribution in [3.8, 4) is 0 Å². The van der Waals surface area contributed by atoms with Crippen LogP contribution in [0.25, 0.3) is 0 Å². The smallest absolute Gasteiger partial charge is 0.214 e. The van der Waals surface area contributed by atoms with Gasteiger partial charge < -0.3 is 0 Å². The lowest BCUT2D eigenvalue weighted by Gasteiger charge is -2.06. The van der Waals surface area contributed by atoms with Crippen LogP contribution in [-0.4, -0.2) is 15.5 Å². The van der Waals surface area contributed by atoms with E-state index in [1.165, 1.54) is 19.2 Å². The van der Waals surface area contributed by atoms with Crippen molar-refractivity contribution >= 4 is 26.0 Å². The van der Waals surface area contributed by atoms with E-state index in [1.54, 1.807) is 6.92 Å². The predicted octanol–water partition coefficient (Wildman–Crippen LogP) is 1.80. The zero-order valence-electron chi connectivity index (χ0n) is 7.64. The van der Waals surface area contributed by atoms with E-state index in [-0.39, 0.29) is 9.37 Å². The van der Waals surface area contributed by atoms with Crippen molar-refractivity contribution in [2.24, 2.45) is 0 Å². The molecule has 78 valence electrons. The molecule has 0 aliphatic heterocycles. The van der Waals surface area contributed by atoms with Crippen molar-refractivity contribution < 1.29 is 12.8 Å². The van der Waals surface area contributed by atoms with Gasteiger partial charge in [-0.25, -0.2) is 17.5 Å². The van der Waals surface area contributed by atoms with E-state index in [1.807, 2.05) is 0 Å². The van der Waals surface area contributed by atoms with Crippen molar-refractivity contribution in [2.75, 3.05) is 7.05 Å². The van der Waals surface area contributed by atoms with E-state index in [9.17, 15) is 12.8 Å². The van der Waals surface area contributed by atoms with Crippen molar-refractivity contribution in [3.05, 3.63) is 28.0 Å². The van der Waals surface area contributed by atoms with Gasteiger partial charge in [0.1, 0.15) is 4.90 Å². The third-order valence-corrected chi connectivity index (χ3v) is 3.69. The van der Waals surface area contributed by atoms with E-state index < -0.39 is 15.8 Å². The Bertz CT molecular complexity index is 459. The fraction of sp³-hybridized carbons (Fsp3) is 0.250. The van der Waals surface area contributed by atoms with Gasteiger partial charge in [-0.1, -0.05) is 0 Å². The third kappa shape index (κ3) is 2.13. The van der Waals surface area contributed by atoms with Gasteiger partial charge in [-0.05, 0) is 47.6 Å². The highest BCUT2D eigenvalue weighted by atomic mass is 79.9. The summed E-state index contributed by atoms with van der Waals surface area (Å²) < 4.78 is 38.3. The van der Waals surface area contributed by atoms with Crippen LogP contribution in [0.3, 0.4) is 0 Å². The number of hydrogen-bond acceptors (Lipinski definition) is 2. The Morgan fingerprint density at radius 3 is 2.50 bits per heavy atom. The first-order valence-electron chi connectivity index (χ1n) is 3.77. The van der Waals surface area contributed by atoms with E-state index in [0.29, 0.717) is 5.56 Å². The normalized spacial score (nSPS) is 11.7. The predicted molar refractivity (Wildman–Crippen MR) is 55.1 cm³/mol. The van der Waals surface area contributed by atoms with Gasteiger partial charge >= 0.3 is 0 Å². The molecule has 0 spiro atoms. The summed E-state index contributed by atoms with van der Waals surface area (Å²) in [5.41, 5.74) is 0.673. The summed E-state index contributed by atoms with van der Waals surface area (Å²) in [5, 5.41) is 0. The molecule has 1 N–H and O–H groups in total. The van der Waals surface area contributed by atoms with Gasteiger partial charge in [0.15, 0.2) is 5.82 Å². The lowest BCUT2D eigenvalue weighted by Crippen LogP contribution is -2.20. The Morgan fingerprint density at radius 2 is 2.00 bits per heavy atom. The minimum atomic E-state index is -3.73. The first-order chi connectivity index (χ1) is 6.38. The maximum absolute atomic E-state index is 13.4. The molecule has 0 heterocycles. The van der Waals surface area contributed by atoms with Crippen LogP contribution in [0, 0.1) is 12.7 Å². The van der Waals surface area contributed by atoms with Gasteiger partial charge in [-0.15, -0.1) is 0 Å². The molecule has 0 bridgehead atoms. The number of benzene rings is 1. The Morgan fingerprint density at radius 1 is 1.43 bits per heavy atom. The second-order valence-electron chi connectivity index (χ2n) is 2.77. The number of rotatable bonds is 2. The highest BCUT2D eigenvalue weighted by Crippen LogP contribution is 2.24. The summed E-state index contributed by atoms with van der Waals surface area (Å²) in [7, 11) is -2.49. The van der Waals surface area contributed by atoms with E-state index >= 15 is 0 Å².